The molecule has 1 aromatic rings. The second kappa shape index (κ2) is 4.36. The molecule has 2 amide bonds. The van der Waals surface area contributed by atoms with E-state index < -0.39 is 0 Å². The molecule has 2 N–H and O–H groups in total. The highest BCUT2D eigenvalue weighted by Gasteiger charge is 2.50. The van der Waals surface area contributed by atoms with Gasteiger partial charge in [0.2, 0.25) is 11.8 Å². The number of aromatic nitrogens is 2. The standard InChI is InChI=1S/C13H18N4O2/c1-16-6-8(5-15-16)2-12(18)17-7-10(13(14)19)3-9-4-11(9)17/h5-6,9-11H,2-4,7H2,1H3,(H2,14,19)/t9-,10-,11+/m0/s1. The number of fused-ring (bicyclic) bond motifs is 1. The van der Waals surface area contributed by atoms with E-state index in [1.54, 1.807) is 10.9 Å². The van der Waals surface area contributed by atoms with Crippen LogP contribution in [0.2, 0.25) is 0 Å². The fourth-order valence-electron chi connectivity index (χ4n) is 3.01. The Labute approximate surface area is 111 Å². The van der Waals surface area contributed by atoms with Crippen LogP contribution in [0.3, 0.4) is 0 Å². The molecule has 2 fully saturated rings. The molecule has 0 spiro atoms. The smallest absolute Gasteiger partial charge is 0.227 e. The van der Waals surface area contributed by atoms with E-state index in [9.17, 15) is 9.59 Å². The Balaban J connectivity index is 1.67. The van der Waals surface area contributed by atoms with Crippen molar-refractivity contribution in [2.24, 2.45) is 24.6 Å². The van der Waals surface area contributed by atoms with Gasteiger partial charge in [0, 0.05) is 25.8 Å². The zero-order valence-electron chi connectivity index (χ0n) is 11.0. The maximum absolute atomic E-state index is 12.3. The third kappa shape index (κ3) is 2.34. The van der Waals surface area contributed by atoms with E-state index in [2.05, 4.69) is 5.10 Å². The molecule has 1 saturated carbocycles. The van der Waals surface area contributed by atoms with Gasteiger partial charge < -0.3 is 10.6 Å². The van der Waals surface area contributed by atoms with Crippen LogP contribution in [-0.4, -0.2) is 39.1 Å². The van der Waals surface area contributed by atoms with Gasteiger partial charge >= 0.3 is 0 Å². The number of hydrogen-bond donors (Lipinski definition) is 1. The molecule has 19 heavy (non-hydrogen) atoms. The average molecular weight is 262 g/mol. The van der Waals surface area contributed by atoms with Crippen LogP contribution in [0.15, 0.2) is 12.4 Å². The topological polar surface area (TPSA) is 81.2 Å². The second-order valence-electron chi connectivity index (χ2n) is 5.64. The van der Waals surface area contributed by atoms with Crippen molar-refractivity contribution in [3.05, 3.63) is 18.0 Å². The van der Waals surface area contributed by atoms with E-state index in [4.69, 9.17) is 5.73 Å². The molecule has 3 atom stereocenters. The largest absolute Gasteiger partial charge is 0.369 e. The molecular formula is C13H18N4O2. The van der Waals surface area contributed by atoms with Gasteiger partial charge in [0.25, 0.3) is 0 Å². The van der Waals surface area contributed by atoms with Crippen LogP contribution >= 0.6 is 0 Å². The summed E-state index contributed by atoms with van der Waals surface area (Å²) in [6.45, 7) is 0.482. The predicted molar refractivity (Wildman–Crippen MR) is 67.8 cm³/mol. The minimum absolute atomic E-state index is 0.0754. The van der Waals surface area contributed by atoms with E-state index >= 15 is 0 Å². The van der Waals surface area contributed by atoms with Crippen molar-refractivity contribution in [2.45, 2.75) is 25.3 Å². The third-order valence-electron chi connectivity index (χ3n) is 4.13. The summed E-state index contributed by atoms with van der Waals surface area (Å²) in [5.41, 5.74) is 6.28. The molecule has 0 unspecified atom stereocenters. The van der Waals surface area contributed by atoms with Gasteiger partial charge in [0.1, 0.15) is 0 Å². The molecule has 1 aliphatic carbocycles. The predicted octanol–water partition coefficient (Wildman–Crippen LogP) is -0.315. The molecule has 6 heteroatoms. The van der Waals surface area contributed by atoms with Crippen LogP contribution in [0.1, 0.15) is 18.4 Å². The summed E-state index contributed by atoms with van der Waals surface area (Å²) >= 11 is 0. The number of amides is 2. The summed E-state index contributed by atoms with van der Waals surface area (Å²) in [5, 5.41) is 4.06. The highest BCUT2D eigenvalue weighted by atomic mass is 16.2. The second-order valence-corrected chi connectivity index (χ2v) is 5.64. The minimum Gasteiger partial charge on any atom is -0.369 e. The summed E-state index contributed by atoms with van der Waals surface area (Å²) in [6, 6.07) is 0.333. The van der Waals surface area contributed by atoms with Crippen molar-refractivity contribution >= 4 is 11.8 Å². The van der Waals surface area contributed by atoms with Crippen LogP contribution in [0.5, 0.6) is 0 Å². The average Bonchev–Trinajstić information content (AvgIpc) is 3.04. The molecule has 3 rings (SSSR count). The Morgan fingerprint density at radius 1 is 1.47 bits per heavy atom. The highest BCUT2D eigenvalue weighted by molar-refractivity contribution is 5.82. The Kier molecular flexibility index (Phi) is 2.80. The lowest BCUT2D eigenvalue weighted by molar-refractivity contribution is -0.134. The highest BCUT2D eigenvalue weighted by Crippen LogP contribution is 2.45. The van der Waals surface area contributed by atoms with Crippen molar-refractivity contribution in [3.63, 3.8) is 0 Å². The number of carbonyl (C=O) groups excluding carboxylic acids is 2. The Hall–Kier alpha value is -1.85. The monoisotopic (exact) mass is 262 g/mol. The van der Waals surface area contributed by atoms with Crippen molar-refractivity contribution < 1.29 is 9.59 Å². The van der Waals surface area contributed by atoms with Crippen molar-refractivity contribution in [3.8, 4) is 0 Å². The maximum atomic E-state index is 12.3. The van der Waals surface area contributed by atoms with Crippen LogP contribution in [0.4, 0.5) is 0 Å². The lowest BCUT2D eigenvalue weighted by Crippen LogP contribution is -2.45. The van der Waals surface area contributed by atoms with Crippen molar-refractivity contribution in [2.75, 3.05) is 6.54 Å². The lowest BCUT2D eigenvalue weighted by atomic mass is 9.96. The van der Waals surface area contributed by atoms with Gasteiger partial charge in [-0.1, -0.05) is 0 Å². The van der Waals surface area contributed by atoms with Gasteiger partial charge in [-0.15, -0.1) is 0 Å². The number of nitrogens with zero attached hydrogens (tertiary/aromatic N) is 3. The molecule has 1 aliphatic heterocycles. The van der Waals surface area contributed by atoms with E-state index in [1.807, 2.05) is 18.1 Å². The molecule has 102 valence electrons. The molecule has 0 aromatic carbocycles. The summed E-state index contributed by atoms with van der Waals surface area (Å²) in [4.78, 5) is 25.5. The van der Waals surface area contributed by atoms with Gasteiger partial charge in [-0.2, -0.15) is 5.10 Å². The van der Waals surface area contributed by atoms with Crippen LogP contribution < -0.4 is 5.73 Å². The summed E-state index contributed by atoms with van der Waals surface area (Å²) in [6.07, 6.45) is 5.76. The summed E-state index contributed by atoms with van der Waals surface area (Å²) in [5.74, 6) is 0.0849. The first-order valence-electron chi connectivity index (χ1n) is 6.61. The zero-order chi connectivity index (χ0) is 13.6. The summed E-state index contributed by atoms with van der Waals surface area (Å²) < 4.78 is 1.69. The van der Waals surface area contributed by atoms with Crippen molar-refractivity contribution in [1.29, 1.82) is 0 Å². The molecule has 2 aliphatic rings. The number of rotatable bonds is 3. The van der Waals surface area contributed by atoms with E-state index in [0.29, 0.717) is 24.9 Å². The molecule has 1 aromatic heterocycles. The fourth-order valence-corrected chi connectivity index (χ4v) is 3.01. The van der Waals surface area contributed by atoms with Gasteiger partial charge in [-0.3, -0.25) is 14.3 Å². The summed E-state index contributed by atoms with van der Waals surface area (Å²) in [7, 11) is 1.83. The van der Waals surface area contributed by atoms with Gasteiger partial charge in [-0.05, 0) is 24.3 Å². The van der Waals surface area contributed by atoms with Crippen molar-refractivity contribution in [1.82, 2.24) is 14.7 Å². The van der Waals surface area contributed by atoms with E-state index in [-0.39, 0.29) is 17.7 Å². The van der Waals surface area contributed by atoms with Gasteiger partial charge in [0.05, 0.1) is 18.5 Å². The quantitative estimate of drug-likeness (QED) is 0.811. The SMILES string of the molecule is Cn1cc(CC(=O)N2C[C@@H](C(N)=O)C[C@H]3C[C@H]32)cn1. The first-order valence-corrected chi connectivity index (χ1v) is 6.61. The van der Waals surface area contributed by atoms with Gasteiger partial charge in [-0.25, -0.2) is 0 Å². The van der Waals surface area contributed by atoms with Crippen LogP contribution in [-0.2, 0) is 23.1 Å². The Bertz CT molecular complexity index is 524. The molecule has 0 radical (unpaired) electrons. The molecule has 2 heterocycles. The Morgan fingerprint density at radius 3 is 2.89 bits per heavy atom. The fraction of sp³-hybridized carbons (Fsp3) is 0.615. The number of aryl methyl sites for hydroxylation is 1. The zero-order valence-corrected chi connectivity index (χ0v) is 11.0. The molecule has 6 nitrogen and oxygen atoms in total. The van der Waals surface area contributed by atoms with E-state index in [1.165, 1.54) is 0 Å². The normalized spacial score (nSPS) is 28.9. The third-order valence-corrected chi connectivity index (χ3v) is 4.13. The number of likely N-dealkylation sites (tertiary alicyclic amines) is 1. The Morgan fingerprint density at radius 2 is 2.26 bits per heavy atom. The molecule has 0 bridgehead atoms. The maximum Gasteiger partial charge on any atom is 0.227 e. The number of carbonyl (C=O) groups is 2. The lowest BCUT2D eigenvalue weighted by Gasteiger charge is -2.31. The number of nitrogens with two attached hydrogens (primary N) is 1. The number of primary amides is 1. The van der Waals surface area contributed by atoms with Crippen LogP contribution in [0, 0.1) is 11.8 Å². The first kappa shape index (κ1) is 12.2. The van der Waals surface area contributed by atoms with Gasteiger partial charge in [0.15, 0.2) is 0 Å². The minimum atomic E-state index is -0.287. The number of piperidine rings is 1. The molecule has 1 saturated heterocycles. The first-order chi connectivity index (χ1) is 9.04. The number of hydrogen-bond acceptors (Lipinski definition) is 3. The molecular weight excluding hydrogens is 244 g/mol. The van der Waals surface area contributed by atoms with Crippen LogP contribution in [0.25, 0.3) is 0 Å². The van der Waals surface area contributed by atoms with E-state index in [0.717, 1.165) is 18.4 Å².